The molecule has 0 fully saturated rings. The molecule has 74 valence electrons. The number of hydrogen-bond donors (Lipinski definition) is 0. The Labute approximate surface area is 92.7 Å². The minimum atomic E-state index is 0.387. The van der Waals surface area contributed by atoms with Crippen LogP contribution in [0, 0.1) is 0 Å². The number of halogens is 1. The van der Waals surface area contributed by atoms with Crippen molar-refractivity contribution in [3.8, 4) is 11.5 Å². The van der Waals surface area contributed by atoms with E-state index in [1.807, 2.05) is 0 Å². The van der Waals surface area contributed by atoms with Gasteiger partial charge >= 0.3 is 0 Å². The summed E-state index contributed by atoms with van der Waals surface area (Å²) in [6.45, 7) is 0. The van der Waals surface area contributed by atoms with E-state index < -0.39 is 0 Å². The summed E-state index contributed by atoms with van der Waals surface area (Å²) in [6.07, 6.45) is 1.56. The minimum Gasteiger partial charge on any atom is -0.264 e. The standard InChI is InChI=1S/C7H3ClN6S/c8-5-1-6-11-12-7(14(6)3-9-5)4-2-15-13-10-4/h1-3H. The molecule has 0 radical (unpaired) electrons. The van der Waals surface area contributed by atoms with E-state index in [4.69, 9.17) is 11.6 Å². The van der Waals surface area contributed by atoms with E-state index in [9.17, 15) is 0 Å². The van der Waals surface area contributed by atoms with E-state index in [1.54, 1.807) is 22.2 Å². The van der Waals surface area contributed by atoms with Crippen molar-refractivity contribution < 1.29 is 0 Å². The van der Waals surface area contributed by atoms with Crippen LogP contribution in [0.4, 0.5) is 0 Å². The smallest absolute Gasteiger partial charge is 0.191 e. The van der Waals surface area contributed by atoms with Crippen molar-refractivity contribution in [2.75, 3.05) is 0 Å². The monoisotopic (exact) mass is 238 g/mol. The van der Waals surface area contributed by atoms with Crippen molar-refractivity contribution in [3.63, 3.8) is 0 Å². The summed E-state index contributed by atoms with van der Waals surface area (Å²) in [4.78, 5) is 3.95. The first-order valence-electron chi connectivity index (χ1n) is 3.98. The fourth-order valence-electron chi connectivity index (χ4n) is 1.21. The second-order valence-electron chi connectivity index (χ2n) is 2.75. The molecule has 3 rings (SSSR count). The highest BCUT2D eigenvalue weighted by molar-refractivity contribution is 7.03. The molecule has 0 aliphatic heterocycles. The maximum atomic E-state index is 5.73. The van der Waals surface area contributed by atoms with Gasteiger partial charge in [0.25, 0.3) is 0 Å². The van der Waals surface area contributed by atoms with Gasteiger partial charge in [-0.25, -0.2) is 4.98 Å². The maximum absolute atomic E-state index is 5.73. The van der Waals surface area contributed by atoms with E-state index in [0.717, 1.165) is 0 Å². The summed E-state index contributed by atoms with van der Waals surface area (Å²) in [5.41, 5.74) is 1.31. The van der Waals surface area contributed by atoms with Crippen LogP contribution in [0.1, 0.15) is 0 Å². The van der Waals surface area contributed by atoms with Crippen LogP contribution in [0.3, 0.4) is 0 Å². The van der Waals surface area contributed by atoms with Crippen LogP contribution in [-0.2, 0) is 0 Å². The molecule has 3 aromatic rings. The molecule has 0 saturated carbocycles. The number of fused-ring (bicyclic) bond motifs is 1. The second kappa shape index (κ2) is 3.21. The number of aromatic nitrogens is 6. The van der Waals surface area contributed by atoms with Crippen LogP contribution < -0.4 is 0 Å². The lowest BCUT2D eigenvalue weighted by Crippen LogP contribution is -1.91. The van der Waals surface area contributed by atoms with Crippen LogP contribution in [0.2, 0.25) is 5.15 Å². The Bertz CT molecular complexity index is 603. The van der Waals surface area contributed by atoms with E-state index in [2.05, 4.69) is 24.8 Å². The topological polar surface area (TPSA) is 68.9 Å². The van der Waals surface area contributed by atoms with Gasteiger partial charge in [-0.3, -0.25) is 4.40 Å². The molecule has 0 aliphatic rings. The fraction of sp³-hybridized carbons (Fsp3) is 0. The van der Waals surface area contributed by atoms with Crippen molar-refractivity contribution in [1.82, 2.24) is 29.2 Å². The molecule has 0 saturated heterocycles. The maximum Gasteiger partial charge on any atom is 0.191 e. The van der Waals surface area contributed by atoms with E-state index in [1.165, 1.54) is 11.5 Å². The Morgan fingerprint density at radius 1 is 1.27 bits per heavy atom. The molecule has 15 heavy (non-hydrogen) atoms. The van der Waals surface area contributed by atoms with Gasteiger partial charge in [0.1, 0.15) is 17.2 Å². The minimum absolute atomic E-state index is 0.387. The Kier molecular flexibility index (Phi) is 1.86. The summed E-state index contributed by atoms with van der Waals surface area (Å²) in [6, 6.07) is 1.64. The summed E-state index contributed by atoms with van der Waals surface area (Å²) in [7, 11) is 0. The SMILES string of the molecule is Clc1cc2nnc(-c3csnn3)n2cn1. The van der Waals surface area contributed by atoms with Gasteiger partial charge in [-0.05, 0) is 11.5 Å². The number of rotatable bonds is 1. The van der Waals surface area contributed by atoms with Crippen molar-refractivity contribution in [2.24, 2.45) is 0 Å². The average molecular weight is 239 g/mol. The van der Waals surface area contributed by atoms with Crippen molar-refractivity contribution >= 4 is 28.8 Å². The summed E-state index contributed by atoms with van der Waals surface area (Å²) >= 11 is 7.00. The van der Waals surface area contributed by atoms with Gasteiger partial charge < -0.3 is 0 Å². The van der Waals surface area contributed by atoms with E-state index in [0.29, 0.717) is 22.3 Å². The summed E-state index contributed by atoms with van der Waals surface area (Å²) in [5.74, 6) is 0.614. The van der Waals surface area contributed by atoms with E-state index in [-0.39, 0.29) is 0 Å². The fourth-order valence-corrected chi connectivity index (χ4v) is 1.78. The highest BCUT2D eigenvalue weighted by Crippen LogP contribution is 2.17. The normalized spacial score (nSPS) is 11.0. The Morgan fingerprint density at radius 3 is 3.00 bits per heavy atom. The zero-order chi connectivity index (χ0) is 10.3. The zero-order valence-corrected chi connectivity index (χ0v) is 8.77. The first kappa shape index (κ1) is 8.69. The molecule has 0 spiro atoms. The molecule has 6 nitrogen and oxygen atoms in total. The van der Waals surface area contributed by atoms with Crippen LogP contribution >= 0.6 is 23.1 Å². The molecule has 0 aromatic carbocycles. The van der Waals surface area contributed by atoms with Crippen LogP contribution in [-0.4, -0.2) is 29.2 Å². The molecular weight excluding hydrogens is 236 g/mol. The quantitative estimate of drug-likeness (QED) is 0.598. The van der Waals surface area contributed by atoms with Gasteiger partial charge in [0.05, 0.1) is 0 Å². The first-order valence-corrected chi connectivity index (χ1v) is 5.20. The van der Waals surface area contributed by atoms with Crippen molar-refractivity contribution in [3.05, 3.63) is 22.9 Å². The highest BCUT2D eigenvalue weighted by Gasteiger charge is 2.10. The largest absolute Gasteiger partial charge is 0.264 e. The molecule has 0 aliphatic carbocycles. The van der Waals surface area contributed by atoms with Crippen molar-refractivity contribution in [2.45, 2.75) is 0 Å². The molecule has 0 unspecified atom stereocenters. The molecule has 3 heterocycles. The molecule has 8 heteroatoms. The molecule has 3 aromatic heterocycles. The summed E-state index contributed by atoms with van der Waals surface area (Å²) < 4.78 is 5.48. The number of nitrogens with zero attached hydrogens (tertiary/aromatic N) is 6. The predicted octanol–water partition coefficient (Wildman–Crippen LogP) is 1.30. The van der Waals surface area contributed by atoms with E-state index >= 15 is 0 Å². The first-order chi connectivity index (χ1) is 7.34. The van der Waals surface area contributed by atoms with Crippen LogP contribution in [0.25, 0.3) is 17.2 Å². The van der Waals surface area contributed by atoms with Crippen molar-refractivity contribution in [1.29, 1.82) is 0 Å². The Morgan fingerprint density at radius 2 is 2.20 bits per heavy atom. The predicted molar refractivity (Wildman–Crippen MR) is 54.7 cm³/mol. The lowest BCUT2D eigenvalue weighted by molar-refractivity contribution is 1.04. The third kappa shape index (κ3) is 1.36. The molecule has 0 atom stereocenters. The Hall–Kier alpha value is -1.60. The van der Waals surface area contributed by atoms with Gasteiger partial charge in [-0.15, -0.1) is 15.3 Å². The molecular formula is C7H3ClN6S. The third-order valence-electron chi connectivity index (χ3n) is 1.86. The third-order valence-corrected chi connectivity index (χ3v) is 2.57. The Balaban J connectivity index is 2.29. The molecule has 0 bridgehead atoms. The molecule has 0 amide bonds. The van der Waals surface area contributed by atoms with Gasteiger partial charge in [0.2, 0.25) is 0 Å². The lowest BCUT2D eigenvalue weighted by atomic mass is 10.4. The summed E-state index contributed by atoms with van der Waals surface area (Å²) in [5, 5.41) is 14.1. The lowest BCUT2D eigenvalue weighted by Gasteiger charge is -1.94. The van der Waals surface area contributed by atoms with Gasteiger partial charge in [0.15, 0.2) is 11.5 Å². The van der Waals surface area contributed by atoms with Gasteiger partial charge in [0, 0.05) is 11.4 Å². The van der Waals surface area contributed by atoms with Crippen LogP contribution in [0.5, 0.6) is 0 Å². The van der Waals surface area contributed by atoms with Gasteiger partial charge in [-0.1, -0.05) is 16.1 Å². The van der Waals surface area contributed by atoms with Crippen LogP contribution in [0.15, 0.2) is 17.8 Å². The van der Waals surface area contributed by atoms with Gasteiger partial charge in [-0.2, -0.15) is 0 Å². The average Bonchev–Trinajstić information content (AvgIpc) is 2.82. The number of hydrogen-bond acceptors (Lipinski definition) is 6. The second-order valence-corrected chi connectivity index (χ2v) is 3.75. The molecule has 0 N–H and O–H groups in total. The zero-order valence-electron chi connectivity index (χ0n) is 7.20. The highest BCUT2D eigenvalue weighted by atomic mass is 35.5.